The summed E-state index contributed by atoms with van der Waals surface area (Å²) in [4.78, 5) is 16.2. The first-order chi connectivity index (χ1) is 11.5. The van der Waals surface area contributed by atoms with Crippen molar-refractivity contribution < 1.29 is 14.3 Å². The number of hydrogen-bond donors (Lipinski definition) is 1. The van der Waals surface area contributed by atoms with Crippen molar-refractivity contribution in [1.82, 2.24) is 10.3 Å². The van der Waals surface area contributed by atoms with Crippen LogP contribution in [0, 0.1) is 6.92 Å². The summed E-state index contributed by atoms with van der Waals surface area (Å²) >= 11 is 11.8. The molecule has 1 amide bonds. The number of halogens is 2. The van der Waals surface area contributed by atoms with Crippen molar-refractivity contribution in [3.63, 3.8) is 0 Å². The number of carbonyl (C=O) groups excluding carboxylic acids is 1. The second kappa shape index (κ2) is 8.22. The van der Waals surface area contributed by atoms with E-state index in [1.54, 1.807) is 27.2 Å². The van der Waals surface area contributed by atoms with E-state index in [1.165, 1.54) is 0 Å². The largest absolute Gasteiger partial charge is 0.493 e. The minimum Gasteiger partial charge on any atom is -0.493 e. The SMILES string of the molecule is COc1ccc(CCNC(=O)c2c(C)cc(Cl)nc2Cl)cc1OC. The van der Waals surface area contributed by atoms with Crippen molar-refractivity contribution in [3.05, 3.63) is 51.3 Å². The first kappa shape index (κ1) is 18.4. The van der Waals surface area contributed by atoms with Gasteiger partial charge < -0.3 is 14.8 Å². The molecule has 128 valence electrons. The summed E-state index contributed by atoms with van der Waals surface area (Å²) in [5.74, 6) is 1.05. The van der Waals surface area contributed by atoms with Crippen LogP contribution in [0.4, 0.5) is 0 Å². The van der Waals surface area contributed by atoms with Crippen LogP contribution < -0.4 is 14.8 Å². The zero-order valence-corrected chi connectivity index (χ0v) is 15.2. The number of ether oxygens (including phenoxy) is 2. The molecule has 0 aliphatic heterocycles. The van der Waals surface area contributed by atoms with Crippen molar-refractivity contribution in [2.24, 2.45) is 0 Å². The van der Waals surface area contributed by atoms with Crippen LogP contribution >= 0.6 is 23.2 Å². The quantitative estimate of drug-likeness (QED) is 0.789. The van der Waals surface area contributed by atoms with Crippen molar-refractivity contribution in [3.8, 4) is 11.5 Å². The Labute approximate surface area is 150 Å². The van der Waals surface area contributed by atoms with Crippen LogP contribution in [0.25, 0.3) is 0 Å². The maximum atomic E-state index is 12.3. The van der Waals surface area contributed by atoms with Crippen LogP contribution in [0.2, 0.25) is 10.3 Å². The van der Waals surface area contributed by atoms with E-state index in [0.29, 0.717) is 35.6 Å². The van der Waals surface area contributed by atoms with Gasteiger partial charge in [-0.2, -0.15) is 0 Å². The second-order valence-electron chi connectivity index (χ2n) is 5.12. The first-order valence-electron chi connectivity index (χ1n) is 7.28. The van der Waals surface area contributed by atoms with Crippen LogP contribution in [0.1, 0.15) is 21.5 Å². The van der Waals surface area contributed by atoms with Crippen molar-refractivity contribution >= 4 is 29.1 Å². The smallest absolute Gasteiger partial charge is 0.254 e. The lowest BCUT2D eigenvalue weighted by atomic mass is 10.1. The van der Waals surface area contributed by atoms with Gasteiger partial charge in [0, 0.05) is 6.54 Å². The van der Waals surface area contributed by atoms with Crippen LogP contribution in [-0.4, -0.2) is 31.7 Å². The lowest BCUT2D eigenvalue weighted by Gasteiger charge is -2.11. The molecule has 0 atom stereocenters. The first-order valence-corrected chi connectivity index (χ1v) is 8.03. The van der Waals surface area contributed by atoms with Gasteiger partial charge in [0.25, 0.3) is 5.91 Å². The van der Waals surface area contributed by atoms with Gasteiger partial charge in [-0.05, 0) is 42.7 Å². The number of aryl methyl sites for hydroxylation is 1. The molecule has 0 spiro atoms. The number of methoxy groups -OCH3 is 2. The van der Waals surface area contributed by atoms with Crippen molar-refractivity contribution in [1.29, 1.82) is 0 Å². The maximum Gasteiger partial charge on any atom is 0.254 e. The van der Waals surface area contributed by atoms with Gasteiger partial charge in [-0.3, -0.25) is 4.79 Å². The molecule has 2 rings (SSSR count). The predicted octanol–water partition coefficient (Wildman–Crippen LogP) is 3.69. The summed E-state index contributed by atoms with van der Waals surface area (Å²) in [6.07, 6.45) is 0.643. The summed E-state index contributed by atoms with van der Waals surface area (Å²) < 4.78 is 10.5. The lowest BCUT2D eigenvalue weighted by molar-refractivity contribution is 0.0953. The Bertz CT molecular complexity index is 728. The molecule has 7 heteroatoms. The fraction of sp³-hybridized carbons (Fsp3) is 0.294. The number of nitrogens with zero attached hydrogens (tertiary/aromatic N) is 1. The van der Waals surface area contributed by atoms with Gasteiger partial charge in [0.1, 0.15) is 10.3 Å². The van der Waals surface area contributed by atoms with E-state index < -0.39 is 0 Å². The van der Waals surface area contributed by atoms with Gasteiger partial charge in [-0.15, -0.1) is 0 Å². The molecule has 1 aromatic carbocycles. The highest BCUT2D eigenvalue weighted by Gasteiger charge is 2.15. The average molecular weight is 369 g/mol. The van der Waals surface area contributed by atoms with E-state index in [0.717, 1.165) is 5.56 Å². The van der Waals surface area contributed by atoms with Crippen LogP contribution in [-0.2, 0) is 6.42 Å². The molecule has 0 radical (unpaired) electrons. The fourth-order valence-corrected chi connectivity index (χ4v) is 2.93. The van der Waals surface area contributed by atoms with Gasteiger partial charge in [0.2, 0.25) is 0 Å². The number of nitrogens with one attached hydrogen (secondary N) is 1. The maximum absolute atomic E-state index is 12.3. The Balaban J connectivity index is 2.01. The Morgan fingerprint density at radius 2 is 1.88 bits per heavy atom. The molecule has 0 unspecified atom stereocenters. The van der Waals surface area contributed by atoms with Crippen LogP contribution in [0.3, 0.4) is 0 Å². The van der Waals surface area contributed by atoms with Gasteiger partial charge in [-0.25, -0.2) is 4.98 Å². The Hall–Kier alpha value is -1.98. The minimum atomic E-state index is -0.276. The number of benzene rings is 1. The van der Waals surface area contributed by atoms with E-state index in [2.05, 4.69) is 10.3 Å². The van der Waals surface area contributed by atoms with Gasteiger partial charge >= 0.3 is 0 Å². The highest BCUT2D eigenvalue weighted by atomic mass is 35.5. The third kappa shape index (κ3) is 4.30. The molecule has 1 heterocycles. The molecule has 1 aromatic heterocycles. The molecule has 0 saturated carbocycles. The summed E-state index contributed by atoms with van der Waals surface area (Å²) in [5.41, 5.74) is 2.04. The predicted molar refractivity (Wildman–Crippen MR) is 94.6 cm³/mol. The topological polar surface area (TPSA) is 60.5 Å². The molecule has 0 fully saturated rings. The summed E-state index contributed by atoms with van der Waals surface area (Å²) in [6, 6.07) is 7.25. The molecule has 0 aliphatic carbocycles. The number of hydrogen-bond acceptors (Lipinski definition) is 4. The van der Waals surface area contributed by atoms with Crippen molar-refractivity contribution in [2.75, 3.05) is 20.8 Å². The van der Waals surface area contributed by atoms with Gasteiger partial charge in [0.15, 0.2) is 11.5 Å². The molecule has 0 aliphatic rings. The third-order valence-electron chi connectivity index (χ3n) is 3.52. The van der Waals surface area contributed by atoms with E-state index in [9.17, 15) is 4.79 Å². The molecule has 0 saturated heterocycles. The zero-order chi connectivity index (χ0) is 17.7. The minimum absolute atomic E-state index is 0.101. The summed E-state index contributed by atoms with van der Waals surface area (Å²) in [7, 11) is 3.17. The number of aromatic nitrogens is 1. The number of amides is 1. The monoisotopic (exact) mass is 368 g/mol. The van der Waals surface area contributed by atoms with Gasteiger partial charge in [-0.1, -0.05) is 29.3 Å². The highest BCUT2D eigenvalue weighted by Crippen LogP contribution is 2.27. The Kier molecular flexibility index (Phi) is 6.29. The average Bonchev–Trinajstić information content (AvgIpc) is 2.53. The molecule has 1 N–H and O–H groups in total. The molecule has 24 heavy (non-hydrogen) atoms. The fourth-order valence-electron chi connectivity index (χ4n) is 2.31. The van der Waals surface area contributed by atoms with Gasteiger partial charge in [0.05, 0.1) is 19.8 Å². The Morgan fingerprint density at radius 1 is 1.17 bits per heavy atom. The van der Waals surface area contributed by atoms with E-state index >= 15 is 0 Å². The van der Waals surface area contributed by atoms with E-state index in [4.69, 9.17) is 32.7 Å². The normalized spacial score (nSPS) is 10.4. The standard InChI is InChI=1S/C17H18Cl2N2O3/c1-10-8-14(18)21-16(19)15(10)17(22)20-7-6-11-4-5-12(23-2)13(9-11)24-3/h4-5,8-9H,6-7H2,1-3H3,(H,20,22). The van der Waals surface area contributed by atoms with Crippen LogP contribution in [0.15, 0.2) is 24.3 Å². The molecule has 0 bridgehead atoms. The summed E-state index contributed by atoms with van der Waals surface area (Å²) in [5, 5.41) is 3.20. The van der Waals surface area contributed by atoms with Crippen molar-refractivity contribution in [2.45, 2.75) is 13.3 Å². The number of carbonyl (C=O) groups is 1. The molecule has 2 aromatic rings. The second-order valence-corrected chi connectivity index (χ2v) is 5.87. The zero-order valence-electron chi connectivity index (χ0n) is 13.7. The Morgan fingerprint density at radius 3 is 2.50 bits per heavy atom. The molecular weight excluding hydrogens is 351 g/mol. The highest BCUT2D eigenvalue weighted by molar-refractivity contribution is 6.34. The summed E-state index contributed by atoms with van der Waals surface area (Å²) in [6.45, 7) is 2.22. The number of pyridine rings is 1. The third-order valence-corrected chi connectivity index (χ3v) is 3.98. The van der Waals surface area contributed by atoms with Crippen LogP contribution in [0.5, 0.6) is 11.5 Å². The van der Waals surface area contributed by atoms with E-state index in [1.807, 2.05) is 18.2 Å². The molecular formula is C17H18Cl2N2O3. The molecule has 5 nitrogen and oxygen atoms in total. The number of rotatable bonds is 6. The lowest BCUT2D eigenvalue weighted by Crippen LogP contribution is -2.27. The van der Waals surface area contributed by atoms with E-state index in [-0.39, 0.29) is 16.2 Å².